The molecule has 0 saturated heterocycles. The van der Waals surface area contributed by atoms with Crippen LogP contribution in [0.5, 0.6) is 0 Å². The fourth-order valence-corrected chi connectivity index (χ4v) is 2.00. The van der Waals surface area contributed by atoms with Crippen LogP contribution < -0.4 is 10.6 Å². The maximum atomic E-state index is 12.2. The highest BCUT2D eigenvalue weighted by Gasteiger charge is 2.12. The summed E-state index contributed by atoms with van der Waals surface area (Å²) in [5.41, 5.74) is 1.06. The molecule has 2 aromatic rings. The Morgan fingerprint density at radius 1 is 1.17 bits per heavy atom. The van der Waals surface area contributed by atoms with E-state index in [9.17, 15) is 9.59 Å². The number of methoxy groups -OCH3 is 1. The van der Waals surface area contributed by atoms with Crippen molar-refractivity contribution in [2.45, 2.75) is 0 Å². The molecule has 2 rings (SSSR count). The monoisotopic (exact) mass is 333 g/mol. The van der Waals surface area contributed by atoms with Gasteiger partial charge in [0, 0.05) is 26.0 Å². The van der Waals surface area contributed by atoms with Crippen LogP contribution in [-0.2, 0) is 4.74 Å². The summed E-state index contributed by atoms with van der Waals surface area (Å²) in [7, 11) is 1.55. The molecule has 1 aromatic heterocycles. The van der Waals surface area contributed by atoms with Gasteiger partial charge in [-0.3, -0.25) is 14.6 Å². The van der Waals surface area contributed by atoms with E-state index in [1.165, 1.54) is 18.5 Å². The van der Waals surface area contributed by atoms with E-state index in [0.29, 0.717) is 29.4 Å². The standard InChI is InChI=1S/C16H16ClN3O3/c1-23-7-6-19-15(21)11-8-12(10-18-9-11)16(22)20-14-5-3-2-4-13(14)17/h2-5,8-10H,6-7H2,1H3,(H,19,21)(H,20,22). The fraction of sp³-hybridized carbons (Fsp3) is 0.188. The van der Waals surface area contributed by atoms with E-state index in [1.54, 1.807) is 31.4 Å². The van der Waals surface area contributed by atoms with Crippen LogP contribution in [-0.4, -0.2) is 37.1 Å². The molecule has 7 heteroatoms. The quantitative estimate of drug-likeness (QED) is 0.795. The zero-order valence-electron chi connectivity index (χ0n) is 12.5. The van der Waals surface area contributed by atoms with E-state index < -0.39 is 5.91 Å². The molecule has 0 bridgehead atoms. The predicted molar refractivity (Wildman–Crippen MR) is 87.9 cm³/mol. The SMILES string of the molecule is COCCNC(=O)c1cncc(C(=O)Nc2ccccc2Cl)c1. The van der Waals surface area contributed by atoms with Gasteiger partial charge in [-0.05, 0) is 18.2 Å². The second kappa shape index (κ2) is 8.26. The third-order valence-corrected chi connectivity index (χ3v) is 3.31. The van der Waals surface area contributed by atoms with Gasteiger partial charge in [0.1, 0.15) is 0 Å². The summed E-state index contributed by atoms with van der Waals surface area (Å²) in [4.78, 5) is 28.1. The Bertz CT molecular complexity index is 706. The van der Waals surface area contributed by atoms with Gasteiger partial charge in [0.2, 0.25) is 0 Å². The lowest BCUT2D eigenvalue weighted by molar-refractivity contribution is 0.0936. The summed E-state index contributed by atoms with van der Waals surface area (Å²) < 4.78 is 4.86. The van der Waals surface area contributed by atoms with Crippen molar-refractivity contribution in [3.05, 3.63) is 58.9 Å². The molecule has 0 aliphatic heterocycles. The topological polar surface area (TPSA) is 80.3 Å². The van der Waals surface area contributed by atoms with Gasteiger partial charge in [0.15, 0.2) is 0 Å². The van der Waals surface area contributed by atoms with E-state index in [4.69, 9.17) is 16.3 Å². The molecule has 0 spiro atoms. The van der Waals surface area contributed by atoms with Gasteiger partial charge >= 0.3 is 0 Å². The molecule has 0 atom stereocenters. The smallest absolute Gasteiger partial charge is 0.257 e. The van der Waals surface area contributed by atoms with Crippen molar-refractivity contribution in [3.8, 4) is 0 Å². The van der Waals surface area contributed by atoms with Gasteiger partial charge in [-0.2, -0.15) is 0 Å². The van der Waals surface area contributed by atoms with E-state index in [-0.39, 0.29) is 11.5 Å². The highest BCUT2D eigenvalue weighted by molar-refractivity contribution is 6.33. The number of amides is 2. The van der Waals surface area contributed by atoms with Gasteiger partial charge in [0.25, 0.3) is 11.8 Å². The Labute approximate surface area is 138 Å². The summed E-state index contributed by atoms with van der Waals surface area (Å²) >= 11 is 6.00. The van der Waals surface area contributed by atoms with Crippen LogP contribution >= 0.6 is 11.6 Å². The van der Waals surface area contributed by atoms with Crippen LogP contribution in [0.15, 0.2) is 42.7 Å². The average Bonchev–Trinajstić information content (AvgIpc) is 2.57. The first-order valence-electron chi connectivity index (χ1n) is 6.90. The summed E-state index contributed by atoms with van der Waals surface area (Å²) in [6.45, 7) is 0.789. The number of nitrogens with zero attached hydrogens (tertiary/aromatic N) is 1. The molecule has 1 aromatic carbocycles. The molecule has 2 amide bonds. The third kappa shape index (κ3) is 4.77. The molecule has 0 fully saturated rings. The van der Waals surface area contributed by atoms with Gasteiger partial charge in [0.05, 0.1) is 28.4 Å². The minimum atomic E-state index is -0.392. The highest BCUT2D eigenvalue weighted by atomic mass is 35.5. The van der Waals surface area contributed by atoms with E-state index >= 15 is 0 Å². The minimum absolute atomic E-state index is 0.268. The first kappa shape index (κ1) is 16.9. The maximum absolute atomic E-state index is 12.2. The molecule has 0 saturated carbocycles. The van der Waals surface area contributed by atoms with Gasteiger partial charge in [-0.1, -0.05) is 23.7 Å². The summed E-state index contributed by atoms with van der Waals surface area (Å²) in [6, 6.07) is 8.37. The molecule has 1 heterocycles. The molecule has 0 aliphatic carbocycles. The van der Waals surface area contributed by atoms with Crippen molar-refractivity contribution in [1.82, 2.24) is 10.3 Å². The number of hydrogen-bond acceptors (Lipinski definition) is 4. The van der Waals surface area contributed by atoms with Crippen LogP contribution in [0.25, 0.3) is 0 Å². The number of anilines is 1. The number of hydrogen-bond donors (Lipinski definition) is 2. The third-order valence-electron chi connectivity index (χ3n) is 2.98. The molecule has 120 valence electrons. The normalized spacial score (nSPS) is 10.2. The van der Waals surface area contributed by atoms with Crippen molar-refractivity contribution < 1.29 is 14.3 Å². The van der Waals surface area contributed by atoms with Crippen molar-refractivity contribution >= 4 is 29.1 Å². The Hall–Kier alpha value is -2.44. The maximum Gasteiger partial charge on any atom is 0.257 e. The second-order valence-electron chi connectivity index (χ2n) is 4.64. The minimum Gasteiger partial charge on any atom is -0.383 e. The van der Waals surface area contributed by atoms with Crippen LogP contribution in [0.4, 0.5) is 5.69 Å². The molecule has 0 unspecified atom stereocenters. The molecule has 6 nitrogen and oxygen atoms in total. The van der Waals surface area contributed by atoms with Crippen LogP contribution in [0.1, 0.15) is 20.7 Å². The van der Waals surface area contributed by atoms with E-state index in [2.05, 4.69) is 15.6 Å². The Morgan fingerprint density at radius 2 is 1.87 bits per heavy atom. The Morgan fingerprint density at radius 3 is 2.57 bits per heavy atom. The molecular weight excluding hydrogens is 318 g/mol. The van der Waals surface area contributed by atoms with Gasteiger partial charge in [-0.15, -0.1) is 0 Å². The van der Waals surface area contributed by atoms with Crippen molar-refractivity contribution in [1.29, 1.82) is 0 Å². The molecule has 0 aliphatic rings. The average molecular weight is 334 g/mol. The summed E-state index contributed by atoms with van der Waals surface area (Å²) in [5, 5.41) is 5.78. The lowest BCUT2D eigenvalue weighted by atomic mass is 10.2. The largest absolute Gasteiger partial charge is 0.383 e. The lowest BCUT2D eigenvalue weighted by Crippen LogP contribution is -2.27. The summed E-state index contributed by atoms with van der Waals surface area (Å²) in [5.74, 6) is -0.709. The van der Waals surface area contributed by atoms with Crippen molar-refractivity contribution in [2.24, 2.45) is 0 Å². The van der Waals surface area contributed by atoms with Crippen LogP contribution in [0.3, 0.4) is 0 Å². The molecular formula is C16H16ClN3O3. The highest BCUT2D eigenvalue weighted by Crippen LogP contribution is 2.21. The van der Waals surface area contributed by atoms with Gasteiger partial charge < -0.3 is 15.4 Å². The lowest BCUT2D eigenvalue weighted by Gasteiger charge is -2.08. The number of nitrogens with one attached hydrogen (secondary N) is 2. The van der Waals surface area contributed by atoms with Crippen molar-refractivity contribution in [3.63, 3.8) is 0 Å². The number of carbonyl (C=O) groups is 2. The summed E-state index contributed by atoms with van der Waals surface area (Å²) in [6.07, 6.45) is 2.78. The fourth-order valence-electron chi connectivity index (χ4n) is 1.81. The zero-order valence-corrected chi connectivity index (χ0v) is 13.3. The Kier molecular flexibility index (Phi) is 6.08. The number of pyridine rings is 1. The van der Waals surface area contributed by atoms with Crippen molar-refractivity contribution in [2.75, 3.05) is 25.6 Å². The number of aromatic nitrogens is 1. The second-order valence-corrected chi connectivity index (χ2v) is 5.05. The van der Waals surface area contributed by atoms with Crippen LogP contribution in [0.2, 0.25) is 5.02 Å². The first-order chi connectivity index (χ1) is 11.1. The number of para-hydroxylation sites is 1. The zero-order chi connectivity index (χ0) is 16.7. The number of halogens is 1. The molecule has 0 radical (unpaired) electrons. The number of carbonyl (C=O) groups excluding carboxylic acids is 2. The van der Waals surface area contributed by atoms with Gasteiger partial charge in [-0.25, -0.2) is 0 Å². The Balaban J connectivity index is 2.08. The van der Waals surface area contributed by atoms with E-state index in [0.717, 1.165) is 0 Å². The van der Waals surface area contributed by atoms with E-state index in [1.807, 2.05) is 0 Å². The number of benzene rings is 1. The number of rotatable bonds is 6. The molecule has 2 N–H and O–H groups in total. The number of ether oxygens (including phenoxy) is 1. The van der Waals surface area contributed by atoms with Crippen LogP contribution in [0, 0.1) is 0 Å². The predicted octanol–water partition coefficient (Wildman–Crippen LogP) is 2.36. The first-order valence-corrected chi connectivity index (χ1v) is 7.27. The molecule has 23 heavy (non-hydrogen) atoms.